The Bertz CT molecular complexity index is 1100. The topological polar surface area (TPSA) is 58.6 Å². The van der Waals surface area contributed by atoms with Crippen LogP contribution in [-0.4, -0.2) is 36.4 Å². The molecule has 5 nitrogen and oxygen atoms in total. The molecule has 3 rings (SSSR count). The average molecular weight is 445 g/mol. The van der Waals surface area contributed by atoms with Gasteiger partial charge in [-0.3, -0.25) is 9.59 Å². The Labute approximate surface area is 196 Å². The van der Waals surface area contributed by atoms with Crippen LogP contribution in [0.15, 0.2) is 72.8 Å². The third kappa shape index (κ3) is 6.69. The summed E-state index contributed by atoms with van der Waals surface area (Å²) in [6.07, 6.45) is 0.418. The number of ether oxygens (including phenoxy) is 1. The van der Waals surface area contributed by atoms with E-state index in [1.165, 1.54) is 0 Å². The highest BCUT2D eigenvalue weighted by Crippen LogP contribution is 2.20. The van der Waals surface area contributed by atoms with Crippen molar-refractivity contribution < 1.29 is 14.3 Å². The molecule has 0 radical (unpaired) electrons. The van der Waals surface area contributed by atoms with Crippen molar-refractivity contribution in [3.05, 3.63) is 101 Å². The van der Waals surface area contributed by atoms with Crippen LogP contribution in [0, 0.1) is 20.8 Å². The Morgan fingerprint density at radius 1 is 0.879 bits per heavy atom. The van der Waals surface area contributed by atoms with E-state index in [4.69, 9.17) is 4.74 Å². The second-order valence-corrected chi connectivity index (χ2v) is 8.39. The molecular weight excluding hydrogens is 412 g/mol. The van der Waals surface area contributed by atoms with Gasteiger partial charge in [0.25, 0.3) is 5.91 Å². The van der Waals surface area contributed by atoms with E-state index < -0.39 is 6.04 Å². The fourth-order valence-electron chi connectivity index (χ4n) is 3.91. The van der Waals surface area contributed by atoms with E-state index in [0.29, 0.717) is 18.7 Å². The van der Waals surface area contributed by atoms with E-state index >= 15 is 0 Å². The number of nitrogens with one attached hydrogen (secondary N) is 1. The SMILES string of the molecule is CNC(=O)[C@@H](Cc1ccccc1)N(Cc1cccc(C)c1)C(=O)COc1ccc(C)cc1C. The first-order valence-corrected chi connectivity index (χ1v) is 11.2. The molecule has 0 aliphatic carbocycles. The Balaban J connectivity index is 1.88. The lowest BCUT2D eigenvalue weighted by Crippen LogP contribution is -2.51. The standard InChI is InChI=1S/C28H32N2O3/c1-20-9-8-12-24(16-20)18-30(25(28(32)29-4)17-23-10-6-5-7-11-23)27(31)19-33-26-14-13-21(2)15-22(26)3/h5-16,25H,17-19H2,1-4H3,(H,29,32)/t25-/m1/s1. The lowest BCUT2D eigenvalue weighted by molar-refractivity contribution is -0.142. The first-order valence-electron chi connectivity index (χ1n) is 11.2. The third-order valence-electron chi connectivity index (χ3n) is 5.63. The Hall–Kier alpha value is -3.60. The zero-order valence-corrected chi connectivity index (χ0v) is 19.8. The van der Waals surface area contributed by atoms with Gasteiger partial charge in [0, 0.05) is 20.0 Å². The monoisotopic (exact) mass is 444 g/mol. The number of carbonyl (C=O) groups excluding carboxylic acids is 2. The molecule has 2 amide bonds. The minimum absolute atomic E-state index is 0.141. The van der Waals surface area contributed by atoms with Crippen molar-refractivity contribution in [3.8, 4) is 5.75 Å². The molecule has 172 valence electrons. The smallest absolute Gasteiger partial charge is 0.261 e. The lowest BCUT2D eigenvalue weighted by atomic mass is 10.0. The van der Waals surface area contributed by atoms with Gasteiger partial charge in [0.2, 0.25) is 5.91 Å². The highest BCUT2D eigenvalue weighted by molar-refractivity contribution is 5.88. The number of rotatable bonds is 9. The van der Waals surface area contributed by atoms with Crippen molar-refractivity contribution in [2.45, 2.75) is 39.8 Å². The molecule has 0 aliphatic rings. The van der Waals surface area contributed by atoms with Gasteiger partial charge in [0.15, 0.2) is 6.61 Å². The summed E-state index contributed by atoms with van der Waals surface area (Å²) in [6, 6.07) is 22.9. The van der Waals surface area contributed by atoms with Gasteiger partial charge < -0.3 is 15.0 Å². The number of carbonyl (C=O) groups is 2. The van der Waals surface area contributed by atoms with Crippen LogP contribution < -0.4 is 10.1 Å². The van der Waals surface area contributed by atoms with E-state index in [1.54, 1.807) is 11.9 Å². The second kappa shape index (κ2) is 11.3. The molecule has 0 saturated carbocycles. The first-order chi connectivity index (χ1) is 15.9. The summed E-state index contributed by atoms with van der Waals surface area (Å²) in [5, 5.41) is 2.73. The van der Waals surface area contributed by atoms with Crippen LogP contribution in [0.1, 0.15) is 27.8 Å². The molecule has 0 aromatic heterocycles. The summed E-state index contributed by atoms with van der Waals surface area (Å²) in [6.45, 7) is 6.17. The lowest BCUT2D eigenvalue weighted by Gasteiger charge is -2.31. The summed E-state index contributed by atoms with van der Waals surface area (Å²) in [7, 11) is 1.60. The summed E-state index contributed by atoms with van der Waals surface area (Å²) < 4.78 is 5.89. The van der Waals surface area contributed by atoms with E-state index in [1.807, 2.05) is 93.6 Å². The molecule has 0 aliphatic heterocycles. The van der Waals surface area contributed by atoms with Crippen molar-refractivity contribution in [2.24, 2.45) is 0 Å². The van der Waals surface area contributed by atoms with Crippen molar-refractivity contribution in [1.82, 2.24) is 10.2 Å². The van der Waals surface area contributed by atoms with E-state index in [2.05, 4.69) is 5.32 Å². The number of aryl methyl sites for hydroxylation is 3. The van der Waals surface area contributed by atoms with Crippen molar-refractivity contribution >= 4 is 11.8 Å². The Kier molecular flexibility index (Phi) is 8.25. The molecule has 0 fully saturated rings. The van der Waals surface area contributed by atoms with Crippen LogP contribution in [0.2, 0.25) is 0 Å². The summed E-state index contributed by atoms with van der Waals surface area (Å²) in [5.41, 5.74) is 5.17. The third-order valence-corrected chi connectivity index (χ3v) is 5.63. The van der Waals surface area contributed by atoms with Crippen LogP contribution in [0.3, 0.4) is 0 Å². The zero-order valence-electron chi connectivity index (χ0n) is 19.8. The molecular formula is C28H32N2O3. The van der Waals surface area contributed by atoms with Crippen molar-refractivity contribution in [3.63, 3.8) is 0 Å². The van der Waals surface area contributed by atoms with Crippen LogP contribution in [0.25, 0.3) is 0 Å². The normalized spacial score (nSPS) is 11.5. The molecule has 3 aromatic carbocycles. The summed E-state index contributed by atoms with van der Waals surface area (Å²) in [4.78, 5) is 28.0. The number of hydrogen-bond donors (Lipinski definition) is 1. The largest absolute Gasteiger partial charge is 0.483 e. The minimum Gasteiger partial charge on any atom is -0.483 e. The van der Waals surface area contributed by atoms with E-state index in [0.717, 1.165) is 27.8 Å². The second-order valence-electron chi connectivity index (χ2n) is 8.39. The van der Waals surface area contributed by atoms with Gasteiger partial charge in [-0.15, -0.1) is 0 Å². The number of amides is 2. The number of benzene rings is 3. The zero-order chi connectivity index (χ0) is 23.8. The van der Waals surface area contributed by atoms with Gasteiger partial charge in [-0.1, -0.05) is 77.9 Å². The first kappa shape index (κ1) is 24.1. The fourth-order valence-corrected chi connectivity index (χ4v) is 3.91. The van der Waals surface area contributed by atoms with E-state index in [-0.39, 0.29) is 18.4 Å². The Morgan fingerprint density at radius 2 is 1.58 bits per heavy atom. The number of hydrogen-bond acceptors (Lipinski definition) is 3. The maximum atomic E-state index is 13.5. The molecule has 3 aromatic rings. The molecule has 33 heavy (non-hydrogen) atoms. The molecule has 0 heterocycles. The molecule has 0 saturated heterocycles. The fraction of sp³-hybridized carbons (Fsp3) is 0.286. The van der Waals surface area contributed by atoms with Crippen molar-refractivity contribution in [1.29, 1.82) is 0 Å². The summed E-state index contributed by atoms with van der Waals surface area (Å²) >= 11 is 0. The highest BCUT2D eigenvalue weighted by atomic mass is 16.5. The number of likely N-dealkylation sites (N-methyl/N-ethyl adjacent to an activating group) is 1. The van der Waals surface area contributed by atoms with Crippen LogP contribution in [0.4, 0.5) is 0 Å². The van der Waals surface area contributed by atoms with Gasteiger partial charge in [0.1, 0.15) is 11.8 Å². The van der Waals surface area contributed by atoms with Crippen molar-refractivity contribution in [2.75, 3.05) is 13.7 Å². The molecule has 1 atom stereocenters. The average Bonchev–Trinajstić information content (AvgIpc) is 2.81. The van der Waals surface area contributed by atoms with Crippen LogP contribution in [0.5, 0.6) is 5.75 Å². The quantitative estimate of drug-likeness (QED) is 0.533. The molecule has 0 spiro atoms. The van der Waals surface area contributed by atoms with Gasteiger partial charge >= 0.3 is 0 Å². The number of nitrogens with zero attached hydrogens (tertiary/aromatic N) is 1. The predicted molar refractivity (Wildman–Crippen MR) is 131 cm³/mol. The molecule has 0 bridgehead atoms. The van der Waals surface area contributed by atoms with Gasteiger partial charge in [-0.25, -0.2) is 0 Å². The van der Waals surface area contributed by atoms with Gasteiger partial charge in [0.05, 0.1) is 0 Å². The minimum atomic E-state index is -0.659. The highest BCUT2D eigenvalue weighted by Gasteiger charge is 2.30. The van der Waals surface area contributed by atoms with Crippen LogP contribution in [-0.2, 0) is 22.6 Å². The van der Waals surface area contributed by atoms with Gasteiger partial charge in [-0.2, -0.15) is 0 Å². The van der Waals surface area contributed by atoms with Crippen LogP contribution >= 0.6 is 0 Å². The molecule has 1 N–H and O–H groups in total. The summed E-state index contributed by atoms with van der Waals surface area (Å²) in [5.74, 6) is 0.233. The maximum Gasteiger partial charge on any atom is 0.261 e. The predicted octanol–water partition coefficient (Wildman–Crippen LogP) is 4.38. The Morgan fingerprint density at radius 3 is 2.24 bits per heavy atom. The van der Waals surface area contributed by atoms with E-state index in [9.17, 15) is 9.59 Å². The molecule has 5 heteroatoms. The maximum absolute atomic E-state index is 13.5. The van der Waals surface area contributed by atoms with Gasteiger partial charge in [-0.05, 0) is 43.5 Å². The molecule has 0 unspecified atom stereocenters.